The number of benzene rings is 2. The zero-order valence-corrected chi connectivity index (χ0v) is 13.4. The van der Waals surface area contributed by atoms with Gasteiger partial charge in [0.15, 0.2) is 0 Å². The molecule has 0 aliphatic carbocycles. The normalized spacial score (nSPS) is 12.4. The van der Waals surface area contributed by atoms with Crippen molar-refractivity contribution in [2.45, 2.75) is 45.4 Å². The second-order valence-electron chi connectivity index (χ2n) is 5.40. The van der Waals surface area contributed by atoms with E-state index in [9.17, 15) is 0 Å². The molecule has 2 aromatic carbocycles. The Labute approximate surface area is 127 Å². The molecule has 0 fully saturated rings. The fourth-order valence-electron chi connectivity index (χ4n) is 2.68. The molecule has 0 aromatic heterocycles. The van der Waals surface area contributed by atoms with E-state index in [0.29, 0.717) is 0 Å². The van der Waals surface area contributed by atoms with Crippen LogP contribution in [0, 0.1) is 6.92 Å². The molecule has 0 saturated carbocycles. The van der Waals surface area contributed by atoms with Crippen LogP contribution in [0.1, 0.15) is 47.0 Å². The van der Waals surface area contributed by atoms with E-state index in [1.165, 1.54) is 27.8 Å². The van der Waals surface area contributed by atoms with Gasteiger partial charge in [-0.3, -0.25) is 0 Å². The van der Waals surface area contributed by atoms with Gasteiger partial charge < -0.3 is 0 Å². The summed E-state index contributed by atoms with van der Waals surface area (Å²) in [4.78, 5) is 0. The topological polar surface area (TPSA) is 0 Å². The van der Waals surface area contributed by atoms with Crippen LogP contribution in [-0.2, 0) is 19.3 Å². The molecular formula is C19H23Cl. The maximum absolute atomic E-state index is 6.62. The Morgan fingerprint density at radius 3 is 2.35 bits per heavy atom. The average Bonchev–Trinajstić information content (AvgIpc) is 2.46. The third kappa shape index (κ3) is 3.64. The standard InChI is InChI=1S/C19H23Cl/c1-4-16-9-10-18(13-17(16)5-2)19(20)12-15-8-6-7-14(3)11-15/h6-11,13,19H,4-5,12H2,1-3H3. The van der Waals surface area contributed by atoms with Gasteiger partial charge in [-0.25, -0.2) is 0 Å². The summed E-state index contributed by atoms with van der Waals surface area (Å²) < 4.78 is 0. The molecule has 0 saturated heterocycles. The van der Waals surface area contributed by atoms with Crippen LogP contribution >= 0.6 is 11.6 Å². The molecule has 106 valence electrons. The van der Waals surface area contributed by atoms with Gasteiger partial charge >= 0.3 is 0 Å². The van der Waals surface area contributed by atoms with Gasteiger partial charge in [0.05, 0.1) is 5.38 Å². The lowest BCUT2D eigenvalue weighted by molar-refractivity contribution is 0.907. The Balaban J connectivity index is 2.18. The summed E-state index contributed by atoms with van der Waals surface area (Å²) in [6.45, 7) is 6.54. The number of alkyl halides is 1. The summed E-state index contributed by atoms with van der Waals surface area (Å²) >= 11 is 6.62. The second kappa shape index (κ2) is 6.95. The fraction of sp³-hybridized carbons (Fsp3) is 0.368. The summed E-state index contributed by atoms with van der Waals surface area (Å²) in [6, 6.07) is 15.3. The van der Waals surface area contributed by atoms with Crippen molar-refractivity contribution in [1.29, 1.82) is 0 Å². The summed E-state index contributed by atoms with van der Waals surface area (Å²) in [5, 5.41) is 0.0491. The van der Waals surface area contributed by atoms with E-state index >= 15 is 0 Å². The summed E-state index contributed by atoms with van der Waals surface area (Å²) in [6.07, 6.45) is 3.05. The first kappa shape index (κ1) is 15.1. The molecule has 0 N–H and O–H groups in total. The maximum Gasteiger partial charge on any atom is 0.0625 e. The predicted molar refractivity (Wildman–Crippen MR) is 88.7 cm³/mol. The minimum atomic E-state index is 0.0491. The molecule has 0 amide bonds. The minimum absolute atomic E-state index is 0.0491. The molecular weight excluding hydrogens is 264 g/mol. The van der Waals surface area contributed by atoms with E-state index in [1.54, 1.807) is 0 Å². The first-order valence-electron chi connectivity index (χ1n) is 7.45. The zero-order chi connectivity index (χ0) is 14.5. The van der Waals surface area contributed by atoms with Crippen LogP contribution in [0.5, 0.6) is 0 Å². The second-order valence-corrected chi connectivity index (χ2v) is 5.92. The lowest BCUT2D eigenvalue weighted by Crippen LogP contribution is -1.99. The van der Waals surface area contributed by atoms with Gasteiger partial charge in [0.1, 0.15) is 0 Å². The van der Waals surface area contributed by atoms with E-state index in [1.807, 2.05) is 0 Å². The minimum Gasteiger partial charge on any atom is -0.117 e. The van der Waals surface area contributed by atoms with Crippen LogP contribution in [-0.4, -0.2) is 0 Å². The molecule has 1 atom stereocenters. The molecule has 0 heterocycles. The molecule has 2 rings (SSSR count). The van der Waals surface area contributed by atoms with Crippen LogP contribution in [0.3, 0.4) is 0 Å². The van der Waals surface area contributed by atoms with Crippen LogP contribution in [0.15, 0.2) is 42.5 Å². The fourth-order valence-corrected chi connectivity index (χ4v) is 2.99. The van der Waals surface area contributed by atoms with Crippen LogP contribution in [0.4, 0.5) is 0 Å². The number of hydrogen-bond acceptors (Lipinski definition) is 0. The van der Waals surface area contributed by atoms with Crippen molar-refractivity contribution in [1.82, 2.24) is 0 Å². The van der Waals surface area contributed by atoms with Crippen LogP contribution < -0.4 is 0 Å². The smallest absolute Gasteiger partial charge is 0.0625 e. The molecule has 0 spiro atoms. The highest BCUT2D eigenvalue weighted by atomic mass is 35.5. The number of hydrogen-bond donors (Lipinski definition) is 0. The van der Waals surface area contributed by atoms with Crippen molar-refractivity contribution in [3.8, 4) is 0 Å². The van der Waals surface area contributed by atoms with Crippen molar-refractivity contribution in [2.75, 3.05) is 0 Å². The summed E-state index contributed by atoms with van der Waals surface area (Å²) in [5.41, 5.74) is 6.71. The van der Waals surface area contributed by atoms with Gasteiger partial charge in [0.25, 0.3) is 0 Å². The average molecular weight is 287 g/mol. The zero-order valence-electron chi connectivity index (χ0n) is 12.6. The quantitative estimate of drug-likeness (QED) is 0.624. The summed E-state index contributed by atoms with van der Waals surface area (Å²) in [7, 11) is 0. The van der Waals surface area contributed by atoms with E-state index in [0.717, 1.165) is 19.3 Å². The molecule has 2 aromatic rings. The Morgan fingerprint density at radius 2 is 1.70 bits per heavy atom. The third-order valence-electron chi connectivity index (χ3n) is 3.85. The molecule has 1 heteroatoms. The van der Waals surface area contributed by atoms with E-state index < -0.39 is 0 Å². The van der Waals surface area contributed by atoms with Crippen molar-refractivity contribution in [3.63, 3.8) is 0 Å². The summed E-state index contributed by atoms with van der Waals surface area (Å²) in [5.74, 6) is 0. The molecule has 1 unspecified atom stereocenters. The Morgan fingerprint density at radius 1 is 0.950 bits per heavy atom. The van der Waals surface area contributed by atoms with Gasteiger partial charge in [0.2, 0.25) is 0 Å². The van der Waals surface area contributed by atoms with Gasteiger partial charge in [-0.1, -0.05) is 61.9 Å². The maximum atomic E-state index is 6.62. The van der Waals surface area contributed by atoms with E-state index in [4.69, 9.17) is 11.6 Å². The molecule has 0 aliphatic rings. The van der Waals surface area contributed by atoms with Crippen molar-refractivity contribution in [2.24, 2.45) is 0 Å². The third-order valence-corrected chi connectivity index (χ3v) is 4.26. The predicted octanol–water partition coefficient (Wildman–Crippen LogP) is 5.64. The SMILES string of the molecule is CCc1ccc(C(Cl)Cc2cccc(C)c2)cc1CC. The lowest BCUT2D eigenvalue weighted by atomic mass is 9.96. The number of halogens is 1. The van der Waals surface area contributed by atoms with Crippen molar-refractivity contribution in [3.05, 3.63) is 70.3 Å². The largest absolute Gasteiger partial charge is 0.117 e. The highest BCUT2D eigenvalue weighted by Crippen LogP contribution is 2.27. The van der Waals surface area contributed by atoms with Crippen molar-refractivity contribution >= 4 is 11.6 Å². The van der Waals surface area contributed by atoms with Gasteiger partial charge in [-0.2, -0.15) is 0 Å². The van der Waals surface area contributed by atoms with Gasteiger partial charge in [-0.05, 0) is 48.4 Å². The van der Waals surface area contributed by atoms with Crippen molar-refractivity contribution < 1.29 is 0 Å². The van der Waals surface area contributed by atoms with E-state index in [-0.39, 0.29) is 5.38 Å². The highest BCUT2D eigenvalue weighted by Gasteiger charge is 2.11. The Hall–Kier alpha value is -1.27. The van der Waals surface area contributed by atoms with Gasteiger partial charge in [0, 0.05) is 0 Å². The monoisotopic (exact) mass is 286 g/mol. The lowest BCUT2D eigenvalue weighted by Gasteiger charge is -2.14. The Bertz CT molecular complexity index is 572. The number of aryl methyl sites for hydroxylation is 3. The molecule has 0 nitrogen and oxygen atoms in total. The number of rotatable bonds is 5. The Kier molecular flexibility index (Phi) is 5.25. The first-order chi connectivity index (χ1) is 9.63. The molecule has 0 radical (unpaired) electrons. The van der Waals surface area contributed by atoms with Crippen LogP contribution in [0.25, 0.3) is 0 Å². The van der Waals surface area contributed by atoms with E-state index in [2.05, 4.69) is 63.2 Å². The van der Waals surface area contributed by atoms with Crippen LogP contribution in [0.2, 0.25) is 0 Å². The molecule has 20 heavy (non-hydrogen) atoms. The first-order valence-corrected chi connectivity index (χ1v) is 7.89. The highest BCUT2D eigenvalue weighted by molar-refractivity contribution is 6.20. The van der Waals surface area contributed by atoms with Gasteiger partial charge in [-0.15, -0.1) is 11.6 Å². The molecule has 0 aliphatic heterocycles. The molecule has 0 bridgehead atoms.